The fraction of sp³-hybridized carbons (Fsp3) is 0.0303. The Morgan fingerprint density at radius 3 is 1.41 bits per heavy atom. The molecule has 332 valence electrons. The van der Waals surface area contributed by atoms with Gasteiger partial charge in [-0.3, -0.25) is 0 Å². The fourth-order valence-corrected chi connectivity index (χ4v) is 11.9. The molecule has 10 aromatic carbocycles. The van der Waals surface area contributed by atoms with Gasteiger partial charge in [-0.1, -0.05) is 164 Å². The quantitative estimate of drug-likeness (QED) is 0.156. The summed E-state index contributed by atoms with van der Waals surface area (Å²) < 4.78 is 4.84. The number of hydrogen-bond donors (Lipinski definition) is 0. The van der Waals surface area contributed by atoms with E-state index in [-0.39, 0.29) is 6.04 Å². The van der Waals surface area contributed by atoms with E-state index in [9.17, 15) is 0 Å². The van der Waals surface area contributed by atoms with Gasteiger partial charge in [0.2, 0.25) is 0 Å². The molecule has 2 aliphatic rings. The van der Waals surface area contributed by atoms with Gasteiger partial charge >= 0.3 is 0 Å². The minimum Gasteiger partial charge on any atom is -0.333 e. The molecule has 0 bridgehead atoms. The zero-order valence-corrected chi connectivity index (χ0v) is 38.6. The SMILES string of the molecule is C1=CC2c3ccccc3N(c3ccc(-c4nc(-c5cc(-n6c7ccccc7c7ccccc76)cc(-n6c7ccccc7c7ccccc76)c5)cc(-c5c6ccccc6cc6ccccc56)n4)cc3)C2C=C1. The molecule has 5 heteroatoms. The van der Waals surface area contributed by atoms with Crippen LogP contribution < -0.4 is 4.90 Å². The van der Waals surface area contributed by atoms with Crippen molar-refractivity contribution in [2.45, 2.75) is 12.0 Å². The van der Waals surface area contributed by atoms with Crippen LogP contribution in [0, 0.1) is 0 Å². The number of nitrogens with zero attached hydrogens (tertiary/aromatic N) is 5. The predicted molar refractivity (Wildman–Crippen MR) is 295 cm³/mol. The van der Waals surface area contributed by atoms with Crippen molar-refractivity contribution in [3.8, 4) is 45.3 Å². The van der Waals surface area contributed by atoms with Gasteiger partial charge in [0.15, 0.2) is 5.82 Å². The van der Waals surface area contributed by atoms with Crippen LogP contribution >= 0.6 is 0 Å². The highest BCUT2D eigenvalue weighted by atomic mass is 15.2. The van der Waals surface area contributed by atoms with Crippen LogP contribution in [0.1, 0.15) is 11.5 Å². The number of para-hydroxylation sites is 5. The monoisotopic (exact) mass is 905 g/mol. The lowest BCUT2D eigenvalue weighted by molar-refractivity contribution is 0.745. The molecule has 5 nitrogen and oxygen atoms in total. The maximum atomic E-state index is 5.62. The Hall–Kier alpha value is -9.32. The van der Waals surface area contributed by atoms with Crippen molar-refractivity contribution in [2.75, 3.05) is 4.90 Å². The van der Waals surface area contributed by atoms with E-state index in [0.717, 1.165) is 78.0 Å². The van der Waals surface area contributed by atoms with E-state index in [1.807, 2.05) is 0 Å². The average Bonchev–Trinajstić information content (AvgIpc) is 4.08. The summed E-state index contributed by atoms with van der Waals surface area (Å²) in [5, 5.41) is 9.51. The van der Waals surface area contributed by atoms with Gasteiger partial charge in [0.1, 0.15) is 0 Å². The topological polar surface area (TPSA) is 38.9 Å². The molecular weight excluding hydrogens is 863 g/mol. The number of anilines is 2. The van der Waals surface area contributed by atoms with Gasteiger partial charge < -0.3 is 14.0 Å². The van der Waals surface area contributed by atoms with E-state index in [1.54, 1.807) is 0 Å². The van der Waals surface area contributed by atoms with Crippen LogP contribution in [0.4, 0.5) is 11.4 Å². The molecule has 4 heterocycles. The molecule has 1 aliphatic heterocycles. The van der Waals surface area contributed by atoms with Crippen LogP contribution in [0.3, 0.4) is 0 Å². The lowest BCUT2D eigenvalue weighted by Crippen LogP contribution is -2.28. The Morgan fingerprint density at radius 1 is 0.352 bits per heavy atom. The standard InChI is InChI=1S/C66H43N5/c1-3-19-49-43(17-1)37-44-18-2-4-20-50(44)65(49)58-41-57(67-66(68-58)42-33-35-46(36-34-42)69-59-27-11-5-21-51(59)52-22-6-12-28-60(52)69)45-38-47(70-61-29-13-7-23-53(61)54-24-8-14-30-62(54)70)40-48(39-45)71-63-31-15-9-25-55(63)56-26-10-16-32-64(56)71/h1-41,51,59H. The molecule has 13 aromatic rings. The lowest BCUT2D eigenvalue weighted by Gasteiger charge is -2.28. The zero-order valence-electron chi connectivity index (χ0n) is 38.6. The number of fused-ring (bicyclic) bond motifs is 11. The first-order valence-corrected chi connectivity index (χ1v) is 24.5. The molecule has 0 spiro atoms. The van der Waals surface area contributed by atoms with Gasteiger partial charge in [0.25, 0.3) is 0 Å². The largest absolute Gasteiger partial charge is 0.333 e. The number of benzene rings is 10. The van der Waals surface area contributed by atoms with E-state index in [1.165, 1.54) is 43.6 Å². The zero-order chi connectivity index (χ0) is 46.6. The third kappa shape index (κ3) is 6.13. The van der Waals surface area contributed by atoms with Crippen molar-refractivity contribution in [3.05, 3.63) is 254 Å². The van der Waals surface area contributed by atoms with Gasteiger partial charge in [0.05, 0.1) is 39.5 Å². The maximum Gasteiger partial charge on any atom is 0.160 e. The van der Waals surface area contributed by atoms with E-state index >= 15 is 0 Å². The second-order valence-corrected chi connectivity index (χ2v) is 18.9. The Labute approximate surface area is 410 Å². The molecule has 15 rings (SSSR count). The van der Waals surface area contributed by atoms with Crippen LogP contribution in [0.15, 0.2) is 249 Å². The predicted octanol–water partition coefficient (Wildman–Crippen LogP) is 16.7. The van der Waals surface area contributed by atoms with Gasteiger partial charge in [-0.15, -0.1) is 0 Å². The molecule has 2 atom stereocenters. The third-order valence-electron chi connectivity index (χ3n) is 15.0. The lowest BCUT2D eigenvalue weighted by atomic mass is 9.91. The first-order valence-electron chi connectivity index (χ1n) is 24.5. The van der Waals surface area contributed by atoms with Gasteiger partial charge in [0, 0.05) is 66.9 Å². The summed E-state index contributed by atoms with van der Waals surface area (Å²) in [5.74, 6) is 0.974. The van der Waals surface area contributed by atoms with Crippen molar-refractivity contribution in [1.29, 1.82) is 0 Å². The smallest absolute Gasteiger partial charge is 0.160 e. The molecule has 0 N–H and O–H groups in total. The second kappa shape index (κ2) is 15.6. The highest BCUT2D eigenvalue weighted by molar-refractivity contribution is 6.13. The third-order valence-corrected chi connectivity index (χ3v) is 15.0. The van der Waals surface area contributed by atoms with E-state index in [2.05, 4.69) is 263 Å². The summed E-state index contributed by atoms with van der Waals surface area (Å²) in [4.78, 5) is 13.7. The molecule has 71 heavy (non-hydrogen) atoms. The molecule has 0 amide bonds. The Balaban J connectivity index is 0.996. The minimum atomic E-state index is 0.208. The van der Waals surface area contributed by atoms with Crippen LogP contribution in [0.2, 0.25) is 0 Å². The first kappa shape index (κ1) is 39.7. The van der Waals surface area contributed by atoms with Crippen molar-refractivity contribution in [2.24, 2.45) is 0 Å². The summed E-state index contributed by atoms with van der Waals surface area (Å²) in [5.41, 5.74) is 15.2. The maximum absolute atomic E-state index is 5.62. The molecule has 3 aromatic heterocycles. The summed E-state index contributed by atoms with van der Waals surface area (Å²) >= 11 is 0. The fourth-order valence-electron chi connectivity index (χ4n) is 11.9. The normalized spacial score (nSPS) is 15.2. The van der Waals surface area contributed by atoms with Crippen molar-refractivity contribution < 1.29 is 0 Å². The molecule has 0 fully saturated rings. The Kier molecular flexibility index (Phi) is 8.72. The number of rotatable bonds is 6. The molecule has 0 saturated carbocycles. The summed E-state index contributed by atoms with van der Waals surface area (Å²) in [6.45, 7) is 0. The highest BCUT2D eigenvalue weighted by Gasteiger charge is 2.37. The minimum absolute atomic E-state index is 0.208. The van der Waals surface area contributed by atoms with Crippen LogP contribution in [-0.2, 0) is 0 Å². The van der Waals surface area contributed by atoms with Crippen LogP contribution in [0.25, 0.3) is 110 Å². The van der Waals surface area contributed by atoms with Crippen LogP contribution in [0.5, 0.6) is 0 Å². The number of hydrogen-bond acceptors (Lipinski definition) is 3. The van der Waals surface area contributed by atoms with E-state index < -0.39 is 0 Å². The second-order valence-electron chi connectivity index (χ2n) is 18.9. The average molecular weight is 906 g/mol. The van der Waals surface area contributed by atoms with E-state index in [4.69, 9.17) is 9.97 Å². The van der Waals surface area contributed by atoms with Crippen molar-refractivity contribution >= 4 is 76.5 Å². The number of allylic oxidation sites excluding steroid dienone is 2. The molecule has 0 radical (unpaired) electrons. The van der Waals surface area contributed by atoms with Crippen molar-refractivity contribution in [3.63, 3.8) is 0 Å². The van der Waals surface area contributed by atoms with Gasteiger partial charge in [-0.2, -0.15) is 0 Å². The van der Waals surface area contributed by atoms with Crippen molar-refractivity contribution in [1.82, 2.24) is 19.1 Å². The molecule has 0 saturated heterocycles. The molecule has 1 aliphatic carbocycles. The molecular formula is C66H43N5. The van der Waals surface area contributed by atoms with Crippen LogP contribution in [-0.4, -0.2) is 25.1 Å². The van der Waals surface area contributed by atoms with E-state index in [0.29, 0.717) is 11.7 Å². The Bertz CT molecular complexity index is 4090. The number of aromatic nitrogens is 4. The first-order chi connectivity index (χ1) is 35.2. The summed E-state index contributed by atoms with van der Waals surface area (Å²) in [6, 6.07) is 81.8. The van der Waals surface area contributed by atoms with Gasteiger partial charge in [-0.05, 0) is 112 Å². The molecule has 2 unspecified atom stereocenters. The Morgan fingerprint density at radius 2 is 0.831 bits per heavy atom. The highest BCUT2D eigenvalue weighted by Crippen LogP contribution is 2.48. The summed E-state index contributed by atoms with van der Waals surface area (Å²) in [7, 11) is 0. The summed E-state index contributed by atoms with van der Waals surface area (Å²) in [6.07, 6.45) is 9.01. The van der Waals surface area contributed by atoms with Gasteiger partial charge in [-0.25, -0.2) is 9.97 Å².